The number of rotatable bonds is 3. The number of amidine groups is 1. The normalized spacial score (nSPS) is 18.9. The van der Waals surface area contributed by atoms with Crippen molar-refractivity contribution in [1.29, 1.82) is 0 Å². The Balaban J connectivity index is 1.90. The molecule has 0 atom stereocenters. The largest absolute Gasteiger partial charge is 0.387 e. The van der Waals surface area contributed by atoms with Crippen LogP contribution in [0.1, 0.15) is 41.9 Å². The van der Waals surface area contributed by atoms with E-state index in [0.29, 0.717) is 5.92 Å². The second-order valence-electron chi connectivity index (χ2n) is 4.59. The number of nitrogens with two attached hydrogens (primary N) is 1. The third-order valence-corrected chi connectivity index (χ3v) is 4.22. The van der Waals surface area contributed by atoms with Crippen molar-refractivity contribution in [3.05, 3.63) is 21.9 Å². The van der Waals surface area contributed by atoms with Gasteiger partial charge in [0.1, 0.15) is 0 Å². The van der Waals surface area contributed by atoms with Crippen LogP contribution in [0.25, 0.3) is 0 Å². The van der Waals surface area contributed by atoms with Crippen LogP contribution in [-0.2, 0) is 6.54 Å². The second kappa shape index (κ2) is 5.48. The molecule has 1 saturated carbocycles. The van der Waals surface area contributed by atoms with Gasteiger partial charge in [0.15, 0.2) is 0 Å². The maximum Gasteiger partial charge on any atom is 0.0972 e. The molecule has 0 unspecified atom stereocenters. The van der Waals surface area contributed by atoms with E-state index in [0.717, 1.165) is 12.4 Å². The van der Waals surface area contributed by atoms with E-state index in [9.17, 15) is 0 Å². The molecule has 16 heavy (non-hydrogen) atoms. The Kier molecular flexibility index (Phi) is 3.99. The van der Waals surface area contributed by atoms with E-state index in [-0.39, 0.29) is 0 Å². The maximum atomic E-state index is 6.06. The van der Waals surface area contributed by atoms with Crippen LogP contribution in [0.4, 0.5) is 0 Å². The Labute approximate surface area is 102 Å². The lowest BCUT2D eigenvalue weighted by Gasteiger charge is -2.20. The fraction of sp³-hybridized carbons (Fsp3) is 0.615. The van der Waals surface area contributed by atoms with Crippen LogP contribution in [0.2, 0.25) is 0 Å². The fourth-order valence-corrected chi connectivity index (χ4v) is 3.08. The average molecular weight is 236 g/mol. The third-order valence-electron chi connectivity index (χ3n) is 3.24. The summed E-state index contributed by atoms with van der Waals surface area (Å²) >= 11 is 1.81. The number of aliphatic imine (C=N–C) groups is 1. The molecular formula is C13H20N2S. The van der Waals surface area contributed by atoms with E-state index in [4.69, 9.17) is 5.73 Å². The first-order valence-electron chi connectivity index (χ1n) is 6.11. The molecule has 0 amide bonds. The van der Waals surface area contributed by atoms with Crippen molar-refractivity contribution < 1.29 is 0 Å². The molecule has 0 saturated heterocycles. The van der Waals surface area contributed by atoms with Gasteiger partial charge in [-0.05, 0) is 31.9 Å². The molecule has 0 spiro atoms. The van der Waals surface area contributed by atoms with Gasteiger partial charge in [0.05, 0.1) is 12.4 Å². The van der Waals surface area contributed by atoms with E-state index in [1.165, 1.54) is 41.9 Å². The number of nitrogens with zero attached hydrogens (tertiary/aromatic N) is 1. The molecule has 88 valence electrons. The van der Waals surface area contributed by atoms with Crippen molar-refractivity contribution in [3.63, 3.8) is 0 Å². The fourth-order valence-electron chi connectivity index (χ4n) is 2.27. The molecule has 1 fully saturated rings. The minimum Gasteiger partial charge on any atom is -0.387 e. The molecule has 1 heterocycles. The quantitative estimate of drug-likeness (QED) is 0.633. The lowest BCUT2D eigenvalue weighted by atomic mass is 9.88. The number of thiophene rings is 1. The summed E-state index contributed by atoms with van der Waals surface area (Å²) in [5.74, 6) is 1.43. The average Bonchev–Trinajstić information content (AvgIpc) is 2.73. The zero-order valence-corrected chi connectivity index (χ0v) is 10.7. The summed E-state index contributed by atoms with van der Waals surface area (Å²) in [5.41, 5.74) is 6.06. The topological polar surface area (TPSA) is 38.4 Å². The van der Waals surface area contributed by atoms with Crippen LogP contribution >= 0.6 is 11.3 Å². The standard InChI is InChI=1S/C13H20N2S/c1-10-7-8-12(16-10)9-15-13(14)11-5-3-2-4-6-11/h7-8,11H,2-6,9H2,1H3,(H2,14,15). The first-order valence-corrected chi connectivity index (χ1v) is 6.92. The Hall–Kier alpha value is -0.830. The van der Waals surface area contributed by atoms with Crippen LogP contribution in [0.5, 0.6) is 0 Å². The van der Waals surface area contributed by atoms with Crippen LogP contribution in [0.3, 0.4) is 0 Å². The van der Waals surface area contributed by atoms with Gasteiger partial charge in [-0.3, -0.25) is 4.99 Å². The van der Waals surface area contributed by atoms with Gasteiger partial charge in [0, 0.05) is 15.7 Å². The summed E-state index contributed by atoms with van der Waals surface area (Å²) in [7, 11) is 0. The van der Waals surface area contributed by atoms with E-state index < -0.39 is 0 Å². The molecule has 2 N–H and O–H groups in total. The Bertz CT molecular complexity index is 362. The van der Waals surface area contributed by atoms with Gasteiger partial charge in [-0.25, -0.2) is 0 Å². The molecule has 0 radical (unpaired) electrons. The van der Waals surface area contributed by atoms with E-state index in [2.05, 4.69) is 24.0 Å². The minimum absolute atomic E-state index is 0.551. The summed E-state index contributed by atoms with van der Waals surface area (Å²) in [6, 6.07) is 4.30. The summed E-state index contributed by atoms with van der Waals surface area (Å²) in [5, 5.41) is 0. The Morgan fingerprint density at radius 3 is 2.75 bits per heavy atom. The predicted molar refractivity (Wildman–Crippen MR) is 71.0 cm³/mol. The highest BCUT2D eigenvalue weighted by molar-refractivity contribution is 7.11. The second-order valence-corrected chi connectivity index (χ2v) is 5.96. The smallest absolute Gasteiger partial charge is 0.0972 e. The highest BCUT2D eigenvalue weighted by atomic mass is 32.1. The molecule has 0 bridgehead atoms. The number of hydrogen-bond donors (Lipinski definition) is 1. The van der Waals surface area contributed by atoms with Crippen LogP contribution in [0, 0.1) is 12.8 Å². The van der Waals surface area contributed by atoms with E-state index in [1.54, 1.807) is 0 Å². The SMILES string of the molecule is Cc1ccc(CN=C(N)C2CCCCC2)s1. The van der Waals surface area contributed by atoms with Crippen LogP contribution in [-0.4, -0.2) is 5.84 Å². The van der Waals surface area contributed by atoms with Crippen LogP contribution < -0.4 is 5.73 Å². The summed E-state index contributed by atoms with van der Waals surface area (Å²) in [6.07, 6.45) is 6.48. The zero-order valence-electron chi connectivity index (χ0n) is 9.91. The van der Waals surface area contributed by atoms with Gasteiger partial charge in [-0.15, -0.1) is 11.3 Å². The summed E-state index contributed by atoms with van der Waals surface area (Å²) in [4.78, 5) is 7.20. The first kappa shape index (κ1) is 11.6. The van der Waals surface area contributed by atoms with Crippen molar-refractivity contribution >= 4 is 17.2 Å². The van der Waals surface area contributed by atoms with Crippen molar-refractivity contribution in [2.24, 2.45) is 16.6 Å². The molecule has 2 nitrogen and oxygen atoms in total. The van der Waals surface area contributed by atoms with Gasteiger partial charge in [0.25, 0.3) is 0 Å². The van der Waals surface area contributed by atoms with E-state index >= 15 is 0 Å². The van der Waals surface area contributed by atoms with Crippen molar-refractivity contribution in [2.45, 2.75) is 45.6 Å². The van der Waals surface area contributed by atoms with Gasteiger partial charge in [-0.1, -0.05) is 19.3 Å². The van der Waals surface area contributed by atoms with Gasteiger partial charge in [-0.2, -0.15) is 0 Å². The Morgan fingerprint density at radius 2 is 2.12 bits per heavy atom. The molecule has 0 aromatic carbocycles. The van der Waals surface area contributed by atoms with Crippen LogP contribution in [0.15, 0.2) is 17.1 Å². The number of aryl methyl sites for hydroxylation is 1. The third kappa shape index (κ3) is 3.08. The van der Waals surface area contributed by atoms with Gasteiger partial charge < -0.3 is 5.73 Å². The van der Waals surface area contributed by atoms with E-state index in [1.807, 2.05) is 11.3 Å². The lowest BCUT2D eigenvalue weighted by Crippen LogP contribution is -2.25. The first-order chi connectivity index (χ1) is 7.75. The molecule has 2 rings (SSSR count). The molecule has 3 heteroatoms. The molecule has 1 aliphatic carbocycles. The van der Waals surface area contributed by atoms with Crippen molar-refractivity contribution in [2.75, 3.05) is 0 Å². The van der Waals surface area contributed by atoms with Gasteiger partial charge in [0.2, 0.25) is 0 Å². The number of hydrogen-bond acceptors (Lipinski definition) is 2. The highest BCUT2D eigenvalue weighted by Crippen LogP contribution is 2.24. The molecule has 1 aliphatic rings. The monoisotopic (exact) mass is 236 g/mol. The summed E-state index contributed by atoms with van der Waals surface area (Å²) < 4.78 is 0. The molecule has 0 aliphatic heterocycles. The minimum atomic E-state index is 0.551. The maximum absolute atomic E-state index is 6.06. The highest BCUT2D eigenvalue weighted by Gasteiger charge is 2.16. The van der Waals surface area contributed by atoms with Crippen molar-refractivity contribution in [3.8, 4) is 0 Å². The van der Waals surface area contributed by atoms with Gasteiger partial charge >= 0.3 is 0 Å². The van der Waals surface area contributed by atoms with Crippen molar-refractivity contribution in [1.82, 2.24) is 0 Å². The zero-order chi connectivity index (χ0) is 11.4. The molecule has 1 aromatic heterocycles. The lowest BCUT2D eigenvalue weighted by molar-refractivity contribution is 0.436. The Morgan fingerprint density at radius 1 is 1.38 bits per heavy atom. The summed E-state index contributed by atoms with van der Waals surface area (Å²) in [6.45, 7) is 2.89. The molecular weight excluding hydrogens is 216 g/mol. The predicted octanol–water partition coefficient (Wildman–Crippen LogP) is 3.49. The molecule has 1 aromatic rings.